The largest absolute Gasteiger partial charge is 0.385 e. The van der Waals surface area contributed by atoms with Gasteiger partial charge in [0, 0.05) is 0 Å². The fourth-order valence-corrected chi connectivity index (χ4v) is 2.53. The van der Waals surface area contributed by atoms with Crippen molar-refractivity contribution in [2.24, 2.45) is 5.92 Å². The number of fused-ring (bicyclic) bond motifs is 1. The van der Waals surface area contributed by atoms with Crippen LogP contribution in [0.2, 0.25) is 0 Å². The van der Waals surface area contributed by atoms with Crippen LogP contribution in [0.4, 0.5) is 0 Å². The molecule has 0 aromatic heterocycles. The van der Waals surface area contributed by atoms with Gasteiger partial charge in [-0.05, 0) is 42.0 Å². The van der Waals surface area contributed by atoms with Crippen LogP contribution >= 0.6 is 0 Å². The maximum Gasteiger partial charge on any atom is 0.0902 e. The van der Waals surface area contributed by atoms with Crippen LogP contribution in [0.5, 0.6) is 0 Å². The molecule has 1 heteroatoms. The molecule has 0 amide bonds. The Kier molecular flexibility index (Phi) is 2.05. The van der Waals surface area contributed by atoms with Gasteiger partial charge in [0.1, 0.15) is 0 Å². The predicted molar refractivity (Wildman–Crippen MR) is 66.2 cm³/mol. The molecule has 82 valence electrons. The highest BCUT2D eigenvalue weighted by Gasteiger charge is 2.41. The third-order valence-electron chi connectivity index (χ3n) is 3.71. The van der Waals surface area contributed by atoms with Crippen LogP contribution in [-0.4, -0.2) is 5.11 Å². The van der Waals surface area contributed by atoms with Gasteiger partial charge in [-0.3, -0.25) is 0 Å². The Morgan fingerprint density at radius 1 is 1.06 bits per heavy atom. The first-order valence-electron chi connectivity index (χ1n) is 5.90. The molecule has 0 saturated heterocycles. The summed E-state index contributed by atoms with van der Waals surface area (Å²) in [4.78, 5) is 0. The van der Waals surface area contributed by atoms with Crippen LogP contribution in [0.1, 0.15) is 25.3 Å². The van der Waals surface area contributed by atoms with Gasteiger partial charge in [0.2, 0.25) is 0 Å². The summed E-state index contributed by atoms with van der Waals surface area (Å²) in [6, 6.07) is 14.5. The molecule has 1 atom stereocenters. The van der Waals surface area contributed by atoms with Gasteiger partial charge < -0.3 is 5.11 Å². The molecule has 1 saturated carbocycles. The zero-order chi connectivity index (χ0) is 11.2. The average Bonchev–Trinajstić information content (AvgIpc) is 3.12. The molecular formula is C15H16O. The van der Waals surface area contributed by atoms with Gasteiger partial charge in [-0.1, -0.05) is 42.5 Å². The second-order valence-electron chi connectivity index (χ2n) is 4.95. The number of benzene rings is 2. The summed E-state index contributed by atoms with van der Waals surface area (Å²) in [5.74, 6) is 0.443. The van der Waals surface area contributed by atoms with E-state index in [4.69, 9.17) is 0 Å². The SMILES string of the molecule is CC(O)(c1cccc2ccccc12)C1CC1. The van der Waals surface area contributed by atoms with Gasteiger partial charge in [-0.25, -0.2) is 0 Å². The molecule has 2 aromatic carbocycles. The van der Waals surface area contributed by atoms with E-state index >= 15 is 0 Å². The van der Waals surface area contributed by atoms with E-state index in [0.717, 1.165) is 18.4 Å². The van der Waals surface area contributed by atoms with Crippen molar-refractivity contribution in [3.8, 4) is 0 Å². The second-order valence-corrected chi connectivity index (χ2v) is 4.95. The molecule has 1 unspecified atom stereocenters. The van der Waals surface area contributed by atoms with Crippen LogP contribution in [0.15, 0.2) is 42.5 Å². The highest BCUT2D eigenvalue weighted by Crippen LogP contribution is 2.46. The Labute approximate surface area is 95.7 Å². The molecule has 1 N–H and O–H groups in total. The normalized spacial score (nSPS) is 19.6. The number of rotatable bonds is 2. The van der Waals surface area contributed by atoms with Crippen LogP contribution in [0, 0.1) is 5.92 Å². The van der Waals surface area contributed by atoms with Crippen molar-refractivity contribution >= 4 is 10.8 Å². The molecule has 1 nitrogen and oxygen atoms in total. The number of aliphatic hydroxyl groups is 1. The van der Waals surface area contributed by atoms with Gasteiger partial charge in [0.15, 0.2) is 0 Å². The minimum atomic E-state index is -0.666. The number of hydrogen-bond donors (Lipinski definition) is 1. The van der Waals surface area contributed by atoms with E-state index in [-0.39, 0.29) is 0 Å². The molecule has 16 heavy (non-hydrogen) atoms. The summed E-state index contributed by atoms with van der Waals surface area (Å²) < 4.78 is 0. The van der Waals surface area contributed by atoms with Crippen molar-refractivity contribution in [3.63, 3.8) is 0 Å². The fraction of sp³-hybridized carbons (Fsp3) is 0.333. The van der Waals surface area contributed by atoms with Gasteiger partial charge in [0.25, 0.3) is 0 Å². The predicted octanol–water partition coefficient (Wildman–Crippen LogP) is 3.46. The fourth-order valence-electron chi connectivity index (χ4n) is 2.53. The summed E-state index contributed by atoms with van der Waals surface area (Å²) >= 11 is 0. The van der Waals surface area contributed by atoms with Gasteiger partial charge in [-0.15, -0.1) is 0 Å². The molecule has 0 bridgehead atoms. The van der Waals surface area contributed by atoms with Crippen LogP contribution in [-0.2, 0) is 5.60 Å². The monoisotopic (exact) mass is 212 g/mol. The quantitative estimate of drug-likeness (QED) is 0.808. The van der Waals surface area contributed by atoms with E-state index in [1.165, 1.54) is 10.8 Å². The lowest BCUT2D eigenvalue weighted by Gasteiger charge is -2.25. The van der Waals surface area contributed by atoms with Crippen LogP contribution < -0.4 is 0 Å². The minimum absolute atomic E-state index is 0.443. The Morgan fingerprint density at radius 2 is 1.75 bits per heavy atom. The topological polar surface area (TPSA) is 20.2 Å². The number of hydrogen-bond acceptors (Lipinski definition) is 1. The molecule has 1 aliphatic carbocycles. The lowest BCUT2D eigenvalue weighted by atomic mass is 9.87. The molecule has 0 spiro atoms. The standard InChI is InChI=1S/C15H16O/c1-15(16,12-9-10-12)14-8-4-6-11-5-2-3-7-13(11)14/h2-8,12,16H,9-10H2,1H3. The maximum absolute atomic E-state index is 10.6. The van der Waals surface area contributed by atoms with Crippen molar-refractivity contribution in [1.29, 1.82) is 0 Å². The van der Waals surface area contributed by atoms with Crippen molar-refractivity contribution in [2.75, 3.05) is 0 Å². The van der Waals surface area contributed by atoms with Crippen molar-refractivity contribution < 1.29 is 5.11 Å². The molecule has 3 rings (SSSR count). The van der Waals surface area contributed by atoms with Crippen LogP contribution in [0.25, 0.3) is 10.8 Å². The Morgan fingerprint density at radius 3 is 2.50 bits per heavy atom. The van der Waals surface area contributed by atoms with E-state index < -0.39 is 5.60 Å². The van der Waals surface area contributed by atoms with Crippen LogP contribution in [0.3, 0.4) is 0 Å². The smallest absolute Gasteiger partial charge is 0.0902 e. The van der Waals surface area contributed by atoms with E-state index in [2.05, 4.69) is 24.3 Å². The first-order chi connectivity index (χ1) is 7.69. The molecule has 1 fully saturated rings. The highest BCUT2D eigenvalue weighted by atomic mass is 16.3. The molecule has 0 aliphatic heterocycles. The lowest BCUT2D eigenvalue weighted by molar-refractivity contribution is 0.0346. The zero-order valence-corrected chi connectivity index (χ0v) is 9.48. The van der Waals surface area contributed by atoms with Gasteiger partial charge in [0.05, 0.1) is 5.60 Å². The van der Waals surface area contributed by atoms with Crippen molar-refractivity contribution in [1.82, 2.24) is 0 Å². The molecule has 0 heterocycles. The summed E-state index contributed by atoms with van der Waals surface area (Å²) in [6.45, 7) is 1.95. The summed E-state index contributed by atoms with van der Waals surface area (Å²) in [6.07, 6.45) is 2.30. The first-order valence-corrected chi connectivity index (χ1v) is 5.90. The lowest BCUT2D eigenvalue weighted by Crippen LogP contribution is -2.23. The Balaban J connectivity index is 2.23. The van der Waals surface area contributed by atoms with Crippen molar-refractivity contribution in [3.05, 3.63) is 48.0 Å². The van der Waals surface area contributed by atoms with Gasteiger partial charge >= 0.3 is 0 Å². The molecule has 2 aromatic rings. The van der Waals surface area contributed by atoms with E-state index in [9.17, 15) is 5.11 Å². The molecular weight excluding hydrogens is 196 g/mol. The van der Waals surface area contributed by atoms with Crippen molar-refractivity contribution in [2.45, 2.75) is 25.4 Å². The second kappa shape index (κ2) is 3.33. The van der Waals surface area contributed by atoms with E-state index in [1.54, 1.807) is 0 Å². The van der Waals surface area contributed by atoms with Gasteiger partial charge in [-0.2, -0.15) is 0 Å². The maximum atomic E-state index is 10.6. The Hall–Kier alpha value is -1.34. The third-order valence-corrected chi connectivity index (χ3v) is 3.71. The third kappa shape index (κ3) is 1.43. The molecule has 1 aliphatic rings. The summed E-state index contributed by atoms with van der Waals surface area (Å²) in [5.41, 5.74) is 0.411. The minimum Gasteiger partial charge on any atom is -0.385 e. The molecule has 0 radical (unpaired) electrons. The first kappa shape index (κ1) is 9.86. The average molecular weight is 212 g/mol. The summed E-state index contributed by atoms with van der Waals surface area (Å²) in [5, 5.41) is 13.0. The summed E-state index contributed by atoms with van der Waals surface area (Å²) in [7, 11) is 0. The zero-order valence-electron chi connectivity index (χ0n) is 9.48. The Bertz CT molecular complexity index is 518. The highest BCUT2D eigenvalue weighted by molar-refractivity contribution is 5.86. The van der Waals surface area contributed by atoms with E-state index in [1.807, 2.05) is 25.1 Å². The van der Waals surface area contributed by atoms with E-state index in [0.29, 0.717) is 5.92 Å².